The molecule has 7 nitrogen and oxygen atoms in total. The zero-order chi connectivity index (χ0) is 22.4. The lowest BCUT2D eigenvalue weighted by Gasteiger charge is -2.20. The van der Waals surface area contributed by atoms with Crippen molar-refractivity contribution in [3.8, 4) is 11.1 Å². The van der Waals surface area contributed by atoms with E-state index in [1.807, 2.05) is 43.3 Å². The van der Waals surface area contributed by atoms with E-state index in [-0.39, 0.29) is 19.1 Å². The van der Waals surface area contributed by atoms with E-state index >= 15 is 0 Å². The van der Waals surface area contributed by atoms with Crippen LogP contribution in [0.3, 0.4) is 0 Å². The van der Waals surface area contributed by atoms with Crippen LogP contribution in [0.25, 0.3) is 11.1 Å². The number of hydrogen-bond donors (Lipinski definition) is 3. The number of carbonyl (C=O) groups excluding carboxylic acids is 2. The quantitative estimate of drug-likeness (QED) is 0.571. The summed E-state index contributed by atoms with van der Waals surface area (Å²) in [5.74, 6) is -2.17. The molecule has 0 aromatic heterocycles. The Morgan fingerprint density at radius 3 is 2.16 bits per heavy atom. The fourth-order valence-corrected chi connectivity index (χ4v) is 3.80. The summed E-state index contributed by atoms with van der Waals surface area (Å²) >= 11 is 0. The van der Waals surface area contributed by atoms with Crippen molar-refractivity contribution < 1.29 is 24.2 Å². The first-order valence-electron chi connectivity index (χ1n) is 10.5. The van der Waals surface area contributed by atoms with Crippen molar-refractivity contribution in [2.24, 2.45) is 5.92 Å². The summed E-state index contributed by atoms with van der Waals surface area (Å²) in [6.45, 7) is 3.58. The van der Waals surface area contributed by atoms with Gasteiger partial charge in [0.1, 0.15) is 12.6 Å². The van der Waals surface area contributed by atoms with E-state index in [1.165, 1.54) is 6.92 Å². The summed E-state index contributed by atoms with van der Waals surface area (Å²) in [4.78, 5) is 35.8. The minimum atomic E-state index is -0.989. The van der Waals surface area contributed by atoms with Crippen molar-refractivity contribution in [2.45, 2.75) is 38.6 Å². The van der Waals surface area contributed by atoms with Crippen molar-refractivity contribution in [3.63, 3.8) is 0 Å². The molecule has 0 saturated heterocycles. The lowest BCUT2D eigenvalue weighted by Crippen LogP contribution is -2.48. The SMILES string of the molecule is CCC[C@H](NC(=O)OCC1c2ccccc2-c2ccccc21)C(=O)NCC(C)C(=O)O. The van der Waals surface area contributed by atoms with Gasteiger partial charge in [-0.25, -0.2) is 4.79 Å². The summed E-state index contributed by atoms with van der Waals surface area (Å²) in [6.07, 6.45) is 0.440. The van der Waals surface area contributed by atoms with Gasteiger partial charge in [-0.2, -0.15) is 0 Å². The van der Waals surface area contributed by atoms with Gasteiger partial charge in [-0.15, -0.1) is 0 Å². The Kier molecular flexibility index (Phi) is 7.28. The van der Waals surface area contributed by atoms with Gasteiger partial charge < -0.3 is 20.5 Å². The second kappa shape index (κ2) is 10.1. The molecule has 0 radical (unpaired) electrons. The molecule has 2 amide bonds. The van der Waals surface area contributed by atoms with Crippen LogP contribution in [0.2, 0.25) is 0 Å². The molecule has 164 valence electrons. The van der Waals surface area contributed by atoms with Gasteiger partial charge in [-0.05, 0) is 28.7 Å². The van der Waals surface area contributed by atoms with Gasteiger partial charge in [-0.3, -0.25) is 9.59 Å². The predicted octanol–water partition coefficient (Wildman–Crippen LogP) is 3.53. The van der Waals surface area contributed by atoms with Gasteiger partial charge in [-0.1, -0.05) is 68.8 Å². The normalized spacial score (nSPS) is 14.1. The van der Waals surface area contributed by atoms with Gasteiger partial charge in [0, 0.05) is 12.5 Å². The maximum atomic E-state index is 12.5. The molecule has 2 aromatic rings. The molecule has 2 atom stereocenters. The zero-order valence-electron chi connectivity index (χ0n) is 17.8. The molecule has 0 aliphatic heterocycles. The van der Waals surface area contributed by atoms with E-state index in [1.54, 1.807) is 0 Å². The number of carboxylic acid groups (broad SMARTS) is 1. The minimum absolute atomic E-state index is 0.000745. The maximum absolute atomic E-state index is 12.5. The van der Waals surface area contributed by atoms with Gasteiger partial charge in [0.05, 0.1) is 5.92 Å². The molecule has 3 N–H and O–H groups in total. The number of carbonyl (C=O) groups is 3. The molecule has 31 heavy (non-hydrogen) atoms. The third kappa shape index (κ3) is 5.23. The largest absolute Gasteiger partial charge is 0.481 e. The van der Waals surface area contributed by atoms with E-state index in [0.717, 1.165) is 22.3 Å². The standard InChI is InChI=1S/C24H28N2O5/c1-3-8-21(22(27)25-13-15(2)23(28)29)26-24(30)31-14-20-18-11-6-4-9-16(18)17-10-5-7-12-19(17)20/h4-7,9-12,15,20-21H,3,8,13-14H2,1-2H3,(H,25,27)(H,26,30)(H,28,29)/t15?,21-/m0/s1. The minimum Gasteiger partial charge on any atom is -0.481 e. The van der Waals surface area contributed by atoms with Crippen LogP contribution in [0.15, 0.2) is 48.5 Å². The Labute approximate surface area is 181 Å². The Balaban J connectivity index is 1.61. The second-order valence-corrected chi connectivity index (χ2v) is 7.80. The monoisotopic (exact) mass is 424 g/mol. The molecule has 7 heteroatoms. The summed E-state index contributed by atoms with van der Waals surface area (Å²) in [6, 6.07) is 15.4. The first-order valence-corrected chi connectivity index (χ1v) is 10.5. The van der Waals surface area contributed by atoms with Crippen LogP contribution >= 0.6 is 0 Å². The summed E-state index contributed by atoms with van der Waals surface area (Å²) in [5, 5.41) is 14.2. The van der Waals surface area contributed by atoms with Gasteiger partial charge >= 0.3 is 12.1 Å². The van der Waals surface area contributed by atoms with Crippen molar-refractivity contribution in [1.29, 1.82) is 0 Å². The van der Waals surface area contributed by atoms with E-state index < -0.39 is 29.9 Å². The first-order chi connectivity index (χ1) is 14.9. The summed E-state index contributed by atoms with van der Waals surface area (Å²) < 4.78 is 5.51. The van der Waals surface area contributed by atoms with E-state index in [0.29, 0.717) is 12.8 Å². The van der Waals surface area contributed by atoms with E-state index in [9.17, 15) is 14.4 Å². The number of nitrogens with one attached hydrogen (secondary N) is 2. The summed E-state index contributed by atoms with van der Waals surface area (Å²) in [7, 11) is 0. The van der Waals surface area contributed by atoms with Crippen molar-refractivity contribution >= 4 is 18.0 Å². The van der Waals surface area contributed by atoms with Crippen LogP contribution < -0.4 is 10.6 Å². The van der Waals surface area contributed by atoms with Gasteiger partial charge in [0.2, 0.25) is 5.91 Å². The van der Waals surface area contributed by atoms with E-state index in [4.69, 9.17) is 9.84 Å². The van der Waals surface area contributed by atoms with Crippen LogP contribution in [0.5, 0.6) is 0 Å². The molecule has 3 rings (SSSR count). The zero-order valence-corrected chi connectivity index (χ0v) is 17.8. The average molecular weight is 424 g/mol. The second-order valence-electron chi connectivity index (χ2n) is 7.80. The molecule has 0 saturated carbocycles. The fraction of sp³-hybridized carbons (Fsp3) is 0.375. The Morgan fingerprint density at radius 1 is 1.03 bits per heavy atom. The highest BCUT2D eigenvalue weighted by atomic mass is 16.5. The van der Waals surface area contributed by atoms with Crippen molar-refractivity contribution in [3.05, 3.63) is 59.7 Å². The molecule has 0 fully saturated rings. The van der Waals surface area contributed by atoms with Crippen LogP contribution in [0.4, 0.5) is 4.79 Å². The number of carboxylic acids is 1. The number of fused-ring (bicyclic) bond motifs is 3. The first kappa shape index (κ1) is 22.3. The molecule has 1 aliphatic carbocycles. The average Bonchev–Trinajstić information content (AvgIpc) is 3.09. The highest BCUT2D eigenvalue weighted by molar-refractivity contribution is 5.86. The number of hydrogen-bond acceptors (Lipinski definition) is 4. The molecule has 0 heterocycles. The Morgan fingerprint density at radius 2 is 1.61 bits per heavy atom. The van der Waals surface area contributed by atoms with Crippen LogP contribution in [-0.4, -0.2) is 42.3 Å². The predicted molar refractivity (Wildman–Crippen MR) is 117 cm³/mol. The molecular formula is C24H28N2O5. The molecule has 1 aliphatic rings. The smallest absolute Gasteiger partial charge is 0.407 e. The molecular weight excluding hydrogens is 396 g/mol. The van der Waals surface area contributed by atoms with Crippen LogP contribution in [0.1, 0.15) is 43.7 Å². The number of benzene rings is 2. The fourth-order valence-electron chi connectivity index (χ4n) is 3.80. The van der Waals surface area contributed by atoms with Crippen LogP contribution in [0, 0.1) is 5.92 Å². The van der Waals surface area contributed by atoms with Crippen molar-refractivity contribution in [2.75, 3.05) is 13.2 Å². The summed E-state index contributed by atoms with van der Waals surface area (Å²) in [5.41, 5.74) is 4.51. The number of ether oxygens (including phenoxy) is 1. The number of rotatable bonds is 9. The number of aliphatic carboxylic acids is 1. The van der Waals surface area contributed by atoms with Gasteiger partial charge in [0.15, 0.2) is 0 Å². The van der Waals surface area contributed by atoms with Gasteiger partial charge in [0.25, 0.3) is 0 Å². The highest BCUT2D eigenvalue weighted by Gasteiger charge is 2.29. The number of amides is 2. The molecule has 0 bridgehead atoms. The molecule has 0 spiro atoms. The van der Waals surface area contributed by atoms with Crippen molar-refractivity contribution in [1.82, 2.24) is 10.6 Å². The third-order valence-corrected chi connectivity index (χ3v) is 5.53. The third-order valence-electron chi connectivity index (χ3n) is 5.53. The Bertz CT molecular complexity index is 913. The molecule has 2 aromatic carbocycles. The number of alkyl carbamates (subject to hydrolysis) is 1. The highest BCUT2D eigenvalue weighted by Crippen LogP contribution is 2.44. The molecule has 1 unspecified atom stereocenters. The lowest BCUT2D eigenvalue weighted by atomic mass is 9.98. The topological polar surface area (TPSA) is 105 Å². The lowest BCUT2D eigenvalue weighted by molar-refractivity contribution is -0.141. The maximum Gasteiger partial charge on any atom is 0.407 e. The Hall–Kier alpha value is -3.35. The van der Waals surface area contributed by atoms with Crippen LogP contribution in [-0.2, 0) is 14.3 Å². The van der Waals surface area contributed by atoms with E-state index in [2.05, 4.69) is 22.8 Å².